The molecule has 1 saturated heterocycles. The molecule has 1 aliphatic heterocycles. The van der Waals surface area contributed by atoms with Gasteiger partial charge in [0.15, 0.2) is 0 Å². The van der Waals surface area contributed by atoms with E-state index >= 15 is 0 Å². The van der Waals surface area contributed by atoms with Crippen LogP contribution in [0.4, 0.5) is 11.4 Å². The second kappa shape index (κ2) is 9.62. The van der Waals surface area contributed by atoms with E-state index in [1.165, 1.54) is 4.90 Å². The normalized spacial score (nSPS) is 17.2. The van der Waals surface area contributed by atoms with Crippen LogP contribution in [0.3, 0.4) is 0 Å². The van der Waals surface area contributed by atoms with Gasteiger partial charge in [-0.1, -0.05) is 0 Å². The molecule has 1 aromatic heterocycles. The average Bonchev–Trinajstić information content (AvgIpc) is 3.10. The fourth-order valence-corrected chi connectivity index (χ4v) is 4.21. The van der Waals surface area contributed by atoms with Crippen molar-refractivity contribution in [3.05, 3.63) is 89.3 Å². The highest BCUT2D eigenvalue weighted by molar-refractivity contribution is 6.51. The predicted octanol–water partition coefficient (Wildman–Crippen LogP) is 4.87. The molecule has 2 aromatic carbocycles. The standard InChI is InChI=1S/C28H29N3O4/c1-17(2)35-23-11-6-20(16-18(23)3)26(32)24-25(19-12-14-29-15-13-19)31(28(34)27(24)33)22-9-7-21(8-10-22)30(4)5/h6-17,25,32H,1-5H3/b26-24-. The van der Waals surface area contributed by atoms with E-state index in [1.54, 1.807) is 54.9 Å². The number of carbonyl (C=O) groups is 2. The SMILES string of the molecule is Cc1cc(/C(O)=C2/C(=O)C(=O)N(c3ccc(N(C)C)cc3)C2c2ccncc2)ccc1OC(C)C. The van der Waals surface area contributed by atoms with E-state index < -0.39 is 17.7 Å². The van der Waals surface area contributed by atoms with Gasteiger partial charge in [-0.3, -0.25) is 19.5 Å². The molecule has 1 unspecified atom stereocenters. The number of benzene rings is 2. The van der Waals surface area contributed by atoms with E-state index in [4.69, 9.17) is 4.74 Å². The van der Waals surface area contributed by atoms with Gasteiger partial charge in [0.05, 0.1) is 17.7 Å². The Balaban J connectivity index is 1.85. The molecule has 1 amide bonds. The minimum absolute atomic E-state index is 0.00375. The Labute approximate surface area is 205 Å². The van der Waals surface area contributed by atoms with Crippen molar-refractivity contribution in [1.82, 2.24) is 4.98 Å². The summed E-state index contributed by atoms with van der Waals surface area (Å²) in [4.78, 5) is 34.0. The van der Waals surface area contributed by atoms with Crippen molar-refractivity contribution in [3.8, 4) is 5.75 Å². The summed E-state index contributed by atoms with van der Waals surface area (Å²) in [6.45, 7) is 5.75. The number of hydrogen-bond donors (Lipinski definition) is 1. The van der Waals surface area contributed by atoms with Crippen LogP contribution in [0.15, 0.2) is 72.6 Å². The van der Waals surface area contributed by atoms with Crippen LogP contribution in [0.2, 0.25) is 0 Å². The van der Waals surface area contributed by atoms with Gasteiger partial charge in [-0.05, 0) is 86.5 Å². The van der Waals surface area contributed by atoms with Gasteiger partial charge in [0.1, 0.15) is 11.5 Å². The van der Waals surface area contributed by atoms with Gasteiger partial charge >= 0.3 is 0 Å². The number of nitrogens with zero attached hydrogens (tertiary/aromatic N) is 3. The summed E-state index contributed by atoms with van der Waals surface area (Å²) in [5, 5.41) is 11.3. The number of pyridine rings is 1. The molecule has 4 rings (SSSR count). The first-order valence-electron chi connectivity index (χ1n) is 11.4. The Morgan fingerprint density at radius 2 is 1.69 bits per heavy atom. The van der Waals surface area contributed by atoms with Crippen LogP contribution >= 0.6 is 0 Å². The number of anilines is 2. The quantitative estimate of drug-likeness (QED) is 0.314. The Kier molecular flexibility index (Phi) is 6.60. The first kappa shape index (κ1) is 24.0. The summed E-state index contributed by atoms with van der Waals surface area (Å²) in [6.07, 6.45) is 3.21. The van der Waals surface area contributed by atoms with Crippen molar-refractivity contribution >= 4 is 28.8 Å². The van der Waals surface area contributed by atoms with Crippen LogP contribution < -0.4 is 14.5 Å². The molecule has 1 aliphatic rings. The van der Waals surface area contributed by atoms with Gasteiger partial charge in [-0.25, -0.2) is 0 Å². The fraction of sp³-hybridized carbons (Fsp3) is 0.250. The van der Waals surface area contributed by atoms with Crippen LogP contribution in [0.25, 0.3) is 5.76 Å². The summed E-state index contributed by atoms with van der Waals surface area (Å²) in [5.74, 6) is -0.955. The monoisotopic (exact) mass is 471 g/mol. The number of amides is 1. The third-order valence-electron chi connectivity index (χ3n) is 5.92. The van der Waals surface area contributed by atoms with Crippen molar-refractivity contribution in [2.24, 2.45) is 0 Å². The van der Waals surface area contributed by atoms with Crippen LogP contribution in [0.5, 0.6) is 5.75 Å². The van der Waals surface area contributed by atoms with Gasteiger partial charge in [0, 0.05) is 43.4 Å². The molecule has 0 bridgehead atoms. The molecule has 1 fully saturated rings. The Hall–Kier alpha value is -4.13. The number of aryl methyl sites for hydroxylation is 1. The van der Waals surface area contributed by atoms with E-state index in [0.29, 0.717) is 22.6 Å². The lowest BCUT2D eigenvalue weighted by atomic mass is 9.95. The molecule has 1 atom stereocenters. The lowest BCUT2D eigenvalue weighted by molar-refractivity contribution is -0.132. The fourth-order valence-electron chi connectivity index (χ4n) is 4.21. The van der Waals surface area contributed by atoms with E-state index in [1.807, 2.05) is 51.9 Å². The number of ether oxygens (including phenoxy) is 1. The number of rotatable bonds is 6. The highest BCUT2D eigenvalue weighted by Gasteiger charge is 2.47. The van der Waals surface area contributed by atoms with E-state index in [2.05, 4.69) is 4.98 Å². The molecule has 35 heavy (non-hydrogen) atoms. The molecule has 3 aromatic rings. The van der Waals surface area contributed by atoms with Gasteiger partial charge < -0.3 is 14.7 Å². The first-order valence-corrected chi connectivity index (χ1v) is 11.4. The van der Waals surface area contributed by atoms with Crippen LogP contribution in [-0.4, -0.2) is 42.0 Å². The number of aromatic nitrogens is 1. The molecule has 0 aliphatic carbocycles. The molecule has 1 N–H and O–H groups in total. The predicted molar refractivity (Wildman–Crippen MR) is 137 cm³/mol. The number of aliphatic hydroxyl groups is 1. The molecule has 0 saturated carbocycles. The maximum Gasteiger partial charge on any atom is 0.300 e. The van der Waals surface area contributed by atoms with Crippen molar-refractivity contribution in [2.75, 3.05) is 23.9 Å². The zero-order valence-electron chi connectivity index (χ0n) is 20.5. The van der Waals surface area contributed by atoms with Crippen LogP contribution in [0.1, 0.15) is 36.6 Å². The van der Waals surface area contributed by atoms with Gasteiger partial charge in [-0.15, -0.1) is 0 Å². The highest BCUT2D eigenvalue weighted by Crippen LogP contribution is 2.42. The molecule has 0 spiro atoms. The smallest absolute Gasteiger partial charge is 0.300 e. The maximum absolute atomic E-state index is 13.3. The molecular formula is C28H29N3O4. The lowest BCUT2D eigenvalue weighted by Gasteiger charge is -2.26. The first-order chi connectivity index (χ1) is 16.7. The zero-order chi connectivity index (χ0) is 25.3. The topological polar surface area (TPSA) is 83.0 Å². The maximum atomic E-state index is 13.3. The Morgan fingerprint density at radius 1 is 1.03 bits per heavy atom. The van der Waals surface area contributed by atoms with E-state index in [0.717, 1.165) is 11.3 Å². The molecule has 180 valence electrons. The number of aliphatic hydroxyl groups excluding tert-OH is 1. The molecular weight excluding hydrogens is 442 g/mol. The number of carbonyl (C=O) groups excluding carboxylic acids is 2. The van der Waals surface area contributed by atoms with E-state index in [9.17, 15) is 14.7 Å². The molecule has 7 nitrogen and oxygen atoms in total. The molecule has 2 heterocycles. The summed E-state index contributed by atoms with van der Waals surface area (Å²) in [6, 6.07) is 15.3. The summed E-state index contributed by atoms with van der Waals surface area (Å²) >= 11 is 0. The minimum atomic E-state index is -0.796. The molecule has 7 heteroatoms. The zero-order valence-corrected chi connectivity index (χ0v) is 20.5. The van der Waals surface area contributed by atoms with Crippen molar-refractivity contribution < 1.29 is 19.4 Å². The second-order valence-electron chi connectivity index (χ2n) is 9.01. The Morgan fingerprint density at radius 3 is 2.26 bits per heavy atom. The van der Waals surface area contributed by atoms with Gasteiger partial charge in [-0.2, -0.15) is 0 Å². The second-order valence-corrected chi connectivity index (χ2v) is 9.01. The third kappa shape index (κ3) is 4.62. The highest BCUT2D eigenvalue weighted by atomic mass is 16.5. The van der Waals surface area contributed by atoms with Crippen molar-refractivity contribution in [1.29, 1.82) is 0 Å². The lowest BCUT2D eigenvalue weighted by Crippen LogP contribution is -2.29. The van der Waals surface area contributed by atoms with Gasteiger partial charge in [0.25, 0.3) is 11.7 Å². The van der Waals surface area contributed by atoms with Crippen LogP contribution in [0, 0.1) is 6.92 Å². The number of ketones is 1. The number of Topliss-reactive ketones (excluding diaryl/α,β-unsaturated/α-hetero) is 1. The summed E-state index contributed by atoms with van der Waals surface area (Å²) in [5.41, 5.74) is 3.50. The number of hydrogen-bond acceptors (Lipinski definition) is 6. The van der Waals surface area contributed by atoms with Gasteiger partial charge in [0.2, 0.25) is 0 Å². The van der Waals surface area contributed by atoms with Crippen molar-refractivity contribution in [2.45, 2.75) is 32.9 Å². The van der Waals surface area contributed by atoms with Crippen molar-refractivity contribution in [3.63, 3.8) is 0 Å². The average molecular weight is 472 g/mol. The third-order valence-corrected chi connectivity index (χ3v) is 5.92. The largest absolute Gasteiger partial charge is 0.507 e. The minimum Gasteiger partial charge on any atom is -0.507 e. The summed E-state index contributed by atoms with van der Waals surface area (Å²) in [7, 11) is 3.86. The van der Waals surface area contributed by atoms with E-state index in [-0.39, 0.29) is 17.4 Å². The summed E-state index contributed by atoms with van der Waals surface area (Å²) < 4.78 is 5.80. The Bertz CT molecular complexity index is 1280. The molecule has 0 radical (unpaired) electrons. The van der Waals surface area contributed by atoms with Crippen LogP contribution in [-0.2, 0) is 9.59 Å².